The third-order valence-electron chi connectivity index (χ3n) is 5.63. The van der Waals surface area contributed by atoms with E-state index in [2.05, 4.69) is 10.5 Å². The molecular formula is C27H21N3O2. The van der Waals surface area contributed by atoms with Crippen LogP contribution in [0.15, 0.2) is 90.0 Å². The summed E-state index contributed by atoms with van der Waals surface area (Å²) in [7, 11) is 0. The smallest absolute Gasteiger partial charge is 0.271 e. The maximum Gasteiger partial charge on any atom is 0.271 e. The van der Waals surface area contributed by atoms with E-state index in [1.165, 1.54) is 0 Å². The van der Waals surface area contributed by atoms with Crippen LogP contribution in [0.1, 0.15) is 37.4 Å². The van der Waals surface area contributed by atoms with Crippen LogP contribution < -0.4 is 10.3 Å². The predicted molar refractivity (Wildman–Crippen MR) is 127 cm³/mol. The van der Waals surface area contributed by atoms with Gasteiger partial charge in [-0.05, 0) is 47.7 Å². The first-order valence-corrected chi connectivity index (χ1v) is 10.4. The summed E-state index contributed by atoms with van der Waals surface area (Å²) in [6.45, 7) is 2.45. The van der Waals surface area contributed by atoms with Crippen LogP contribution in [-0.4, -0.2) is 18.0 Å². The van der Waals surface area contributed by atoms with Crippen molar-refractivity contribution in [3.63, 3.8) is 0 Å². The molecule has 4 aromatic rings. The topological polar surface area (TPSA) is 61.8 Å². The average molecular weight is 419 g/mol. The summed E-state index contributed by atoms with van der Waals surface area (Å²) < 4.78 is 0. The Morgan fingerprint density at radius 2 is 1.72 bits per heavy atom. The molecule has 5 rings (SSSR count). The molecule has 1 heterocycles. The lowest BCUT2D eigenvalue weighted by atomic mass is 10.1. The van der Waals surface area contributed by atoms with Gasteiger partial charge < -0.3 is 4.90 Å². The largest absolute Gasteiger partial charge is 0.303 e. The van der Waals surface area contributed by atoms with Crippen LogP contribution in [0.25, 0.3) is 10.8 Å². The van der Waals surface area contributed by atoms with E-state index in [9.17, 15) is 9.59 Å². The van der Waals surface area contributed by atoms with Crippen LogP contribution in [-0.2, 0) is 6.54 Å². The first-order valence-electron chi connectivity index (χ1n) is 10.4. The van der Waals surface area contributed by atoms with Crippen LogP contribution in [0.5, 0.6) is 0 Å². The van der Waals surface area contributed by atoms with Gasteiger partial charge >= 0.3 is 0 Å². The number of nitrogens with zero attached hydrogens (tertiary/aromatic N) is 2. The number of hydrogen-bond acceptors (Lipinski definition) is 3. The number of hydrazone groups is 1. The third-order valence-corrected chi connectivity index (χ3v) is 5.63. The van der Waals surface area contributed by atoms with Gasteiger partial charge in [0.05, 0.1) is 18.4 Å². The second-order valence-corrected chi connectivity index (χ2v) is 7.88. The van der Waals surface area contributed by atoms with Crippen molar-refractivity contribution < 1.29 is 9.59 Å². The summed E-state index contributed by atoms with van der Waals surface area (Å²) in [5, 5.41) is 6.11. The van der Waals surface area contributed by atoms with Crippen molar-refractivity contribution in [2.75, 3.05) is 4.90 Å². The molecular weight excluding hydrogens is 398 g/mol. The highest BCUT2D eigenvalue weighted by Gasteiger charge is 2.29. The molecule has 5 nitrogen and oxygen atoms in total. The van der Waals surface area contributed by atoms with Gasteiger partial charge in [-0.2, -0.15) is 5.10 Å². The Morgan fingerprint density at radius 1 is 0.969 bits per heavy atom. The Balaban J connectivity index is 1.28. The van der Waals surface area contributed by atoms with Crippen LogP contribution in [0.3, 0.4) is 0 Å². The van der Waals surface area contributed by atoms with E-state index in [0.29, 0.717) is 12.1 Å². The molecule has 5 heteroatoms. The zero-order valence-electron chi connectivity index (χ0n) is 17.6. The van der Waals surface area contributed by atoms with Crippen LogP contribution in [0.4, 0.5) is 5.69 Å². The van der Waals surface area contributed by atoms with E-state index in [1.54, 1.807) is 23.2 Å². The molecule has 0 saturated carbocycles. The standard InChI is InChI=1S/C27H21N3O2/c1-18-5-2-6-20(15-18)16-28-29-26(31)22-13-11-19(12-14-22)17-30-24-10-4-8-21-7-3-9-23(25(21)24)27(30)32/h2-16H,17H2,1H3,(H,29,31)/b28-16-. The number of nitrogens with one attached hydrogen (secondary N) is 1. The lowest BCUT2D eigenvalue weighted by molar-refractivity contribution is 0.0953. The molecule has 0 aliphatic carbocycles. The highest BCUT2D eigenvalue weighted by molar-refractivity contribution is 6.24. The maximum atomic E-state index is 13.0. The molecule has 1 aliphatic heterocycles. The number of anilines is 1. The average Bonchev–Trinajstić information content (AvgIpc) is 3.08. The van der Waals surface area contributed by atoms with E-state index < -0.39 is 0 Å². The molecule has 0 aromatic heterocycles. The van der Waals surface area contributed by atoms with Crippen LogP contribution in [0.2, 0.25) is 0 Å². The second kappa shape index (κ2) is 8.12. The van der Waals surface area contributed by atoms with E-state index in [1.807, 2.05) is 79.7 Å². The second-order valence-electron chi connectivity index (χ2n) is 7.88. The van der Waals surface area contributed by atoms with Crippen molar-refractivity contribution in [2.45, 2.75) is 13.5 Å². The maximum absolute atomic E-state index is 13.0. The molecule has 0 fully saturated rings. The monoisotopic (exact) mass is 419 g/mol. The molecule has 0 bridgehead atoms. The molecule has 4 aromatic carbocycles. The zero-order valence-corrected chi connectivity index (χ0v) is 17.6. The van der Waals surface area contributed by atoms with Gasteiger partial charge in [-0.25, -0.2) is 5.43 Å². The van der Waals surface area contributed by atoms with E-state index in [0.717, 1.165) is 38.7 Å². The fraction of sp³-hybridized carbons (Fsp3) is 0.0741. The molecule has 0 spiro atoms. The minimum absolute atomic E-state index is 0.00380. The number of carbonyl (C=O) groups excluding carboxylic acids is 2. The van der Waals surface area contributed by atoms with Crippen molar-refractivity contribution in [2.24, 2.45) is 5.10 Å². The van der Waals surface area contributed by atoms with Gasteiger partial charge in [0.1, 0.15) is 0 Å². The summed E-state index contributed by atoms with van der Waals surface area (Å²) in [5.74, 6) is -0.279. The molecule has 2 amide bonds. The van der Waals surface area contributed by atoms with E-state index in [-0.39, 0.29) is 11.8 Å². The lowest BCUT2D eigenvalue weighted by Gasteiger charge is -2.18. The first kappa shape index (κ1) is 19.7. The summed E-state index contributed by atoms with van der Waals surface area (Å²) in [4.78, 5) is 27.1. The molecule has 0 radical (unpaired) electrons. The van der Waals surface area contributed by atoms with E-state index >= 15 is 0 Å². The minimum Gasteiger partial charge on any atom is -0.303 e. The molecule has 32 heavy (non-hydrogen) atoms. The Labute approximate surface area is 186 Å². The van der Waals surface area contributed by atoms with Gasteiger partial charge in [-0.1, -0.05) is 66.2 Å². The fourth-order valence-corrected chi connectivity index (χ4v) is 4.06. The van der Waals surface area contributed by atoms with Crippen molar-refractivity contribution >= 4 is 34.5 Å². The molecule has 1 N–H and O–H groups in total. The lowest BCUT2D eigenvalue weighted by Crippen LogP contribution is -2.26. The molecule has 0 saturated heterocycles. The number of rotatable bonds is 5. The quantitative estimate of drug-likeness (QED) is 0.363. The van der Waals surface area contributed by atoms with Gasteiger partial charge in [0.15, 0.2) is 0 Å². The summed E-state index contributed by atoms with van der Waals surface area (Å²) in [6, 6.07) is 26.9. The zero-order chi connectivity index (χ0) is 22.1. The van der Waals surface area contributed by atoms with Crippen molar-refractivity contribution in [3.8, 4) is 0 Å². The Bertz CT molecular complexity index is 1370. The molecule has 1 aliphatic rings. The fourth-order valence-electron chi connectivity index (χ4n) is 4.06. The molecule has 156 valence electrons. The third kappa shape index (κ3) is 3.65. The van der Waals surface area contributed by atoms with Gasteiger partial charge in [0.25, 0.3) is 11.8 Å². The van der Waals surface area contributed by atoms with Gasteiger partial charge in [0, 0.05) is 16.5 Å². The number of carbonyl (C=O) groups is 2. The van der Waals surface area contributed by atoms with Crippen LogP contribution in [0, 0.1) is 6.92 Å². The van der Waals surface area contributed by atoms with Crippen LogP contribution >= 0.6 is 0 Å². The Hall–Kier alpha value is -4.25. The Kier molecular flexibility index (Phi) is 5.00. The Morgan fingerprint density at radius 3 is 2.50 bits per heavy atom. The van der Waals surface area contributed by atoms with Crippen molar-refractivity contribution in [1.29, 1.82) is 0 Å². The van der Waals surface area contributed by atoms with Crippen molar-refractivity contribution in [1.82, 2.24) is 5.43 Å². The molecule has 0 unspecified atom stereocenters. The number of aryl methyl sites for hydroxylation is 1. The van der Waals surface area contributed by atoms with E-state index in [4.69, 9.17) is 0 Å². The predicted octanol–water partition coefficient (Wildman–Crippen LogP) is 5.07. The van der Waals surface area contributed by atoms with Gasteiger partial charge in [0.2, 0.25) is 0 Å². The minimum atomic E-state index is -0.283. The SMILES string of the molecule is Cc1cccc(/C=N\NC(=O)c2ccc(CN3C(=O)c4cccc5cccc3c45)cc2)c1. The highest BCUT2D eigenvalue weighted by Crippen LogP contribution is 2.37. The first-order chi connectivity index (χ1) is 15.6. The van der Waals surface area contributed by atoms with Gasteiger partial charge in [-0.15, -0.1) is 0 Å². The summed E-state index contributed by atoms with van der Waals surface area (Å²) >= 11 is 0. The summed E-state index contributed by atoms with van der Waals surface area (Å²) in [5.41, 5.74) is 7.73. The number of amides is 2. The number of hydrogen-bond donors (Lipinski definition) is 1. The normalized spacial score (nSPS) is 12.7. The van der Waals surface area contributed by atoms with Gasteiger partial charge in [-0.3, -0.25) is 9.59 Å². The summed E-state index contributed by atoms with van der Waals surface area (Å²) in [6.07, 6.45) is 1.62. The number of benzene rings is 4. The molecule has 0 atom stereocenters. The highest BCUT2D eigenvalue weighted by atomic mass is 16.2. The van der Waals surface area contributed by atoms with Crippen molar-refractivity contribution in [3.05, 3.63) is 113 Å².